The van der Waals surface area contributed by atoms with Gasteiger partial charge in [0.15, 0.2) is 5.78 Å². The Morgan fingerprint density at radius 1 is 1.35 bits per heavy atom. The first-order valence-corrected chi connectivity index (χ1v) is 5.64. The molecule has 1 N–H and O–H groups in total. The standard InChI is InChI=1S/C13H15NO3/c1-9(13-11(15)7-12(16)14-13)17-8-10-5-3-2-4-6-10/h2-6,9,13H,7-8H2,1H3,(H,14,16)/t9-,13?/m1/s1. The second-order valence-electron chi connectivity index (χ2n) is 4.19. The molecule has 4 nitrogen and oxygen atoms in total. The second-order valence-corrected chi connectivity index (χ2v) is 4.19. The van der Waals surface area contributed by atoms with Crippen molar-refractivity contribution in [1.82, 2.24) is 5.32 Å². The first-order chi connectivity index (χ1) is 8.16. The summed E-state index contributed by atoms with van der Waals surface area (Å²) in [5, 5.41) is 2.63. The molecular formula is C13H15NO3. The Morgan fingerprint density at radius 3 is 2.65 bits per heavy atom. The van der Waals surface area contributed by atoms with Crippen LogP contribution in [0.5, 0.6) is 0 Å². The zero-order valence-electron chi connectivity index (χ0n) is 9.68. The number of hydrogen-bond acceptors (Lipinski definition) is 3. The smallest absolute Gasteiger partial charge is 0.228 e. The van der Waals surface area contributed by atoms with Crippen molar-refractivity contribution in [3.63, 3.8) is 0 Å². The lowest BCUT2D eigenvalue weighted by atomic mass is 10.1. The topological polar surface area (TPSA) is 55.4 Å². The van der Waals surface area contributed by atoms with Crippen molar-refractivity contribution >= 4 is 11.7 Å². The third-order valence-corrected chi connectivity index (χ3v) is 2.82. The molecule has 0 bridgehead atoms. The largest absolute Gasteiger partial charge is 0.371 e. The van der Waals surface area contributed by atoms with Crippen LogP contribution in [0, 0.1) is 0 Å². The highest BCUT2D eigenvalue weighted by Crippen LogP contribution is 2.11. The summed E-state index contributed by atoms with van der Waals surface area (Å²) in [7, 11) is 0. The number of ether oxygens (including phenoxy) is 1. The van der Waals surface area contributed by atoms with Gasteiger partial charge in [-0.1, -0.05) is 30.3 Å². The van der Waals surface area contributed by atoms with Gasteiger partial charge in [-0.05, 0) is 12.5 Å². The highest BCUT2D eigenvalue weighted by Gasteiger charge is 2.34. The number of nitrogens with one attached hydrogen (secondary N) is 1. The van der Waals surface area contributed by atoms with Gasteiger partial charge in [-0.2, -0.15) is 0 Å². The van der Waals surface area contributed by atoms with Crippen LogP contribution in [0.3, 0.4) is 0 Å². The van der Waals surface area contributed by atoms with Crippen LogP contribution in [0.1, 0.15) is 18.9 Å². The molecule has 1 amide bonds. The quantitative estimate of drug-likeness (QED) is 0.791. The summed E-state index contributed by atoms with van der Waals surface area (Å²) in [6.45, 7) is 2.25. The third-order valence-electron chi connectivity index (χ3n) is 2.82. The summed E-state index contributed by atoms with van der Waals surface area (Å²) in [4.78, 5) is 22.5. The number of rotatable bonds is 4. The maximum Gasteiger partial charge on any atom is 0.228 e. The van der Waals surface area contributed by atoms with E-state index in [2.05, 4.69) is 5.32 Å². The maximum absolute atomic E-state index is 11.5. The molecule has 17 heavy (non-hydrogen) atoms. The van der Waals surface area contributed by atoms with E-state index in [9.17, 15) is 9.59 Å². The molecule has 2 atom stereocenters. The molecule has 1 aliphatic heterocycles. The lowest BCUT2D eigenvalue weighted by Gasteiger charge is -2.18. The predicted molar refractivity (Wildman–Crippen MR) is 62.2 cm³/mol. The number of hydrogen-bond donors (Lipinski definition) is 1. The van der Waals surface area contributed by atoms with E-state index in [0.717, 1.165) is 5.56 Å². The summed E-state index contributed by atoms with van der Waals surface area (Å²) in [5.41, 5.74) is 1.05. The Kier molecular flexibility index (Phi) is 3.54. The van der Waals surface area contributed by atoms with E-state index in [1.54, 1.807) is 6.92 Å². The first-order valence-electron chi connectivity index (χ1n) is 5.64. The maximum atomic E-state index is 11.5. The fourth-order valence-corrected chi connectivity index (χ4v) is 1.85. The van der Waals surface area contributed by atoms with Crippen molar-refractivity contribution in [3.8, 4) is 0 Å². The van der Waals surface area contributed by atoms with E-state index in [1.807, 2.05) is 30.3 Å². The fraction of sp³-hybridized carbons (Fsp3) is 0.385. The molecule has 0 spiro atoms. The average Bonchev–Trinajstić information content (AvgIpc) is 2.67. The number of benzene rings is 1. The van der Waals surface area contributed by atoms with E-state index in [1.165, 1.54) is 0 Å². The SMILES string of the molecule is C[C@@H](OCc1ccccc1)C1NC(=O)CC1=O. The lowest BCUT2D eigenvalue weighted by Crippen LogP contribution is -2.40. The number of amides is 1. The Balaban J connectivity index is 1.87. The minimum Gasteiger partial charge on any atom is -0.371 e. The van der Waals surface area contributed by atoms with E-state index < -0.39 is 6.04 Å². The van der Waals surface area contributed by atoms with Crippen LogP contribution < -0.4 is 5.32 Å². The number of Topliss-reactive ketones (excluding diaryl/α,β-unsaturated/α-hetero) is 1. The van der Waals surface area contributed by atoms with E-state index in [-0.39, 0.29) is 24.2 Å². The van der Waals surface area contributed by atoms with Gasteiger partial charge in [0, 0.05) is 0 Å². The molecule has 0 radical (unpaired) electrons. The lowest BCUT2D eigenvalue weighted by molar-refractivity contribution is -0.123. The summed E-state index contributed by atoms with van der Waals surface area (Å²) in [6, 6.07) is 9.24. The van der Waals surface area contributed by atoms with Gasteiger partial charge >= 0.3 is 0 Å². The third kappa shape index (κ3) is 2.91. The molecule has 1 saturated heterocycles. The molecule has 1 unspecified atom stereocenters. The van der Waals surface area contributed by atoms with Gasteiger partial charge in [-0.25, -0.2) is 0 Å². The van der Waals surface area contributed by atoms with Gasteiger partial charge in [-0.3, -0.25) is 9.59 Å². The normalized spacial score (nSPS) is 21.4. The predicted octanol–water partition coefficient (Wildman–Crippen LogP) is 1.05. The van der Waals surface area contributed by atoms with Crippen molar-refractivity contribution in [2.75, 3.05) is 0 Å². The van der Waals surface area contributed by atoms with Crippen LogP contribution in [0.4, 0.5) is 0 Å². The minimum atomic E-state index is -0.494. The zero-order valence-corrected chi connectivity index (χ0v) is 9.68. The van der Waals surface area contributed by atoms with Crippen LogP contribution in [0.25, 0.3) is 0 Å². The van der Waals surface area contributed by atoms with Crippen LogP contribution in [0.15, 0.2) is 30.3 Å². The van der Waals surface area contributed by atoms with Crippen LogP contribution in [0.2, 0.25) is 0 Å². The zero-order chi connectivity index (χ0) is 12.3. The van der Waals surface area contributed by atoms with Crippen molar-refractivity contribution in [1.29, 1.82) is 0 Å². The first kappa shape index (κ1) is 11.8. The average molecular weight is 233 g/mol. The molecule has 1 heterocycles. The fourth-order valence-electron chi connectivity index (χ4n) is 1.85. The molecule has 0 saturated carbocycles. The molecule has 4 heteroatoms. The number of carbonyl (C=O) groups excluding carboxylic acids is 2. The van der Waals surface area contributed by atoms with Crippen molar-refractivity contribution < 1.29 is 14.3 Å². The van der Waals surface area contributed by atoms with E-state index >= 15 is 0 Å². The van der Waals surface area contributed by atoms with Gasteiger partial charge in [0.25, 0.3) is 0 Å². The minimum absolute atomic E-state index is 0.0241. The molecule has 0 aromatic heterocycles. The summed E-state index contributed by atoms with van der Waals surface area (Å²) >= 11 is 0. The van der Waals surface area contributed by atoms with Gasteiger partial charge in [-0.15, -0.1) is 0 Å². The highest BCUT2D eigenvalue weighted by molar-refractivity contribution is 6.07. The molecule has 0 aliphatic carbocycles. The Morgan fingerprint density at radius 2 is 2.06 bits per heavy atom. The monoisotopic (exact) mass is 233 g/mol. The van der Waals surface area contributed by atoms with Gasteiger partial charge in [0.2, 0.25) is 5.91 Å². The number of carbonyl (C=O) groups is 2. The van der Waals surface area contributed by atoms with Gasteiger partial charge < -0.3 is 10.1 Å². The Labute approximate surface area is 100.0 Å². The Hall–Kier alpha value is -1.68. The summed E-state index contributed by atoms with van der Waals surface area (Å²) < 4.78 is 5.60. The molecule has 1 aromatic carbocycles. The number of ketones is 1. The summed E-state index contributed by atoms with van der Waals surface area (Å²) in [5.74, 6) is -0.300. The van der Waals surface area contributed by atoms with Crippen LogP contribution >= 0.6 is 0 Å². The summed E-state index contributed by atoms with van der Waals surface area (Å²) in [6.07, 6.45) is -0.321. The van der Waals surface area contributed by atoms with E-state index in [0.29, 0.717) is 6.61 Å². The molecule has 1 aliphatic rings. The van der Waals surface area contributed by atoms with Gasteiger partial charge in [0.1, 0.15) is 6.04 Å². The molecule has 2 rings (SSSR count). The van der Waals surface area contributed by atoms with Crippen LogP contribution in [-0.2, 0) is 20.9 Å². The van der Waals surface area contributed by atoms with Crippen LogP contribution in [-0.4, -0.2) is 23.8 Å². The Bertz CT molecular complexity index is 416. The molecule has 1 fully saturated rings. The molecule has 1 aromatic rings. The van der Waals surface area contributed by atoms with Gasteiger partial charge in [0.05, 0.1) is 19.1 Å². The second kappa shape index (κ2) is 5.10. The highest BCUT2D eigenvalue weighted by atomic mass is 16.5. The van der Waals surface area contributed by atoms with Crippen molar-refractivity contribution in [2.24, 2.45) is 0 Å². The molecular weight excluding hydrogens is 218 g/mol. The van der Waals surface area contributed by atoms with Crippen molar-refractivity contribution in [2.45, 2.75) is 32.1 Å². The molecule has 90 valence electrons. The van der Waals surface area contributed by atoms with E-state index in [4.69, 9.17) is 4.74 Å². The van der Waals surface area contributed by atoms with Crippen molar-refractivity contribution in [3.05, 3.63) is 35.9 Å².